The van der Waals surface area contributed by atoms with Crippen molar-refractivity contribution in [2.75, 3.05) is 5.73 Å². The van der Waals surface area contributed by atoms with Crippen LogP contribution in [0.15, 0.2) is 50.8 Å². The summed E-state index contributed by atoms with van der Waals surface area (Å²) in [4.78, 5) is 13.5. The summed E-state index contributed by atoms with van der Waals surface area (Å²) in [6.45, 7) is 1.98. The summed E-state index contributed by atoms with van der Waals surface area (Å²) in [7, 11) is 0. The molecule has 5 nitrogen and oxygen atoms in total. The van der Waals surface area contributed by atoms with Gasteiger partial charge in [0.2, 0.25) is 5.88 Å². The lowest BCUT2D eigenvalue weighted by molar-refractivity contribution is 0.0939. The van der Waals surface area contributed by atoms with Crippen molar-refractivity contribution in [3.8, 4) is 10.6 Å². The Bertz CT molecular complexity index is 860. The number of aromatic nitrogens is 1. The van der Waals surface area contributed by atoms with Gasteiger partial charge in [0, 0.05) is 6.04 Å². The average molecular weight is 420 g/mol. The van der Waals surface area contributed by atoms with Crippen LogP contribution in [-0.4, -0.2) is 17.1 Å². The van der Waals surface area contributed by atoms with Gasteiger partial charge in [0.05, 0.1) is 8.66 Å². The Labute approximate surface area is 158 Å². The van der Waals surface area contributed by atoms with Crippen molar-refractivity contribution < 1.29 is 9.32 Å². The van der Waals surface area contributed by atoms with Crippen LogP contribution >= 0.6 is 27.3 Å². The second-order valence-electron chi connectivity index (χ2n) is 5.77. The molecule has 130 valence electrons. The minimum atomic E-state index is -0.265. The second-order valence-corrected chi connectivity index (χ2v) is 8.24. The normalized spacial score (nSPS) is 12.1. The maximum absolute atomic E-state index is 12.7. The number of nitrogens with two attached hydrogens (primary N) is 1. The fraction of sp³-hybridized carbons (Fsp3) is 0.222. The van der Waals surface area contributed by atoms with E-state index in [1.807, 2.05) is 37.3 Å². The molecule has 1 unspecified atom stereocenters. The quantitative estimate of drug-likeness (QED) is 0.615. The molecule has 0 spiro atoms. The van der Waals surface area contributed by atoms with Gasteiger partial charge < -0.3 is 15.6 Å². The van der Waals surface area contributed by atoms with E-state index < -0.39 is 0 Å². The first-order valence-corrected chi connectivity index (χ1v) is 9.51. The van der Waals surface area contributed by atoms with Gasteiger partial charge in [-0.25, -0.2) is 0 Å². The van der Waals surface area contributed by atoms with Crippen LogP contribution in [-0.2, 0) is 6.42 Å². The van der Waals surface area contributed by atoms with Gasteiger partial charge >= 0.3 is 0 Å². The van der Waals surface area contributed by atoms with Crippen molar-refractivity contribution in [1.29, 1.82) is 0 Å². The van der Waals surface area contributed by atoms with Crippen molar-refractivity contribution in [3.63, 3.8) is 0 Å². The van der Waals surface area contributed by atoms with E-state index in [-0.39, 0.29) is 17.8 Å². The lowest BCUT2D eigenvalue weighted by Crippen LogP contribution is -2.33. The largest absolute Gasteiger partial charge is 0.367 e. The van der Waals surface area contributed by atoms with E-state index in [4.69, 9.17) is 10.3 Å². The van der Waals surface area contributed by atoms with Crippen LogP contribution in [0.25, 0.3) is 10.6 Å². The first kappa shape index (κ1) is 17.7. The molecule has 3 rings (SSSR count). The number of benzene rings is 1. The van der Waals surface area contributed by atoms with Crippen LogP contribution in [0.5, 0.6) is 0 Å². The Morgan fingerprint density at radius 2 is 2.08 bits per heavy atom. The maximum atomic E-state index is 12.7. The highest BCUT2D eigenvalue weighted by molar-refractivity contribution is 9.11. The number of carbonyl (C=O) groups excluding carboxylic acids is 1. The third-order valence-corrected chi connectivity index (χ3v) is 5.47. The van der Waals surface area contributed by atoms with Gasteiger partial charge in [-0.15, -0.1) is 11.3 Å². The predicted octanol–water partition coefficient (Wildman–Crippen LogP) is 4.50. The second kappa shape index (κ2) is 7.84. The zero-order valence-electron chi connectivity index (χ0n) is 13.7. The van der Waals surface area contributed by atoms with Gasteiger partial charge in [-0.1, -0.05) is 35.5 Å². The molecule has 0 aliphatic heterocycles. The molecule has 1 amide bonds. The highest BCUT2D eigenvalue weighted by atomic mass is 79.9. The average Bonchev–Trinajstić information content (AvgIpc) is 3.19. The van der Waals surface area contributed by atoms with Crippen molar-refractivity contribution >= 4 is 39.1 Å². The van der Waals surface area contributed by atoms with Crippen molar-refractivity contribution in [1.82, 2.24) is 10.5 Å². The van der Waals surface area contributed by atoms with Crippen LogP contribution in [0.4, 0.5) is 5.88 Å². The van der Waals surface area contributed by atoms with E-state index in [2.05, 4.69) is 38.5 Å². The molecule has 2 heterocycles. The van der Waals surface area contributed by atoms with Gasteiger partial charge in [0.15, 0.2) is 0 Å². The monoisotopic (exact) mass is 419 g/mol. The standard InChI is InChI=1S/C18H18BrN3O2S/c1-11(7-8-12-5-3-2-4-6-12)21-18(23)15-16(22-24-17(15)20)13-9-10-14(19)25-13/h2-6,9-11H,7-8,20H2,1H3,(H,21,23). The van der Waals surface area contributed by atoms with Gasteiger partial charge in [0.1, 0.15) is 11.3 Å². The van der Waals surface area contributed by atoms with Gasteiger partial charge in [-0.3, -0.25) is 4.79 Å². The molecule has 0 radical (unpaired) electrons. The molecule has 1 aromatic carbocycles. The number of thiophene rings is 1. The van der Waals surface area contributed by atoms with Crippen LogP contribution in [0, 0.1) is 0 Å². The summed E-state index contributed by atoms with van der Waals surface area (Å²) < 4.78 is 6.00. The highest BCUT2D eigenvalue weighted by Crippen LogP contribution is 2.34. The Hall–Kier alpha value is -2.12. The molecule has 0 saturated carbocycles. The van der Waals surface area contributed by atoms with Crippen LogP contribution < -0.4 is 11.1 Å². The molecule has 0 fully saturated rings. The van der Waals surface area contributed by atoms with Crippen molar-refractivity contribution in [2.45, 2.75) is 25.8 Å². The van der Waals surface area contributed by atoms with E-state index in [1.54, 1.807) is 0 Å². The van der Waals surface area contributed by atoms with Crippen molar-refractivity contribution in [2.24, 2.45) is 0 Å². The van der Waals surface area contributed by atoms with Crippen LogP contribution in [0.2, 0.25) is 0 Å². The molecule has 0 aliphatic carbocycles. The summed E-state index contributed by atoms with van der Waals surface area (Å²) in [5, 5.41) is 6.93. The Kier molecular flexibility index (Phi) is 5.55. The molecular formula is C18H18BrN3O2S. The lowest BCUT2D eigenvalue weighted by atomic mass is 10.1. The number of anilines is 1. The fourth-order valence-electron chi connectivity index (χ4n) is 2.53. The number of nitrogens with one attached hydrogen (secondary N) is 1. The third-order valence-electron chi connectivity index (χ3n) is 3.84. The van der Waals surface area contributed by atoms with E-state index in [0.717, 1.165) is 21.5 Å². The van der Waals surface area contributed by atoms with E-state index in [0.29, 0.717) is 11.3 Å². The van der Waals surface area contributed by atoms with E-state index in [9.17, 15) is 4.79 Å². The molecule has 1 atom stereocenters. The highest BCUT2D eigenvalue weighted by Gasteiger charge is 2.24. The van der Waals surface area contributed by atoms with Crippen LogP contribution in [0.3, 0.4) is 0 Å². The summed E-state index contributed by atoms with van der Waals surface area (Å²) >= 11 is 4.88. The van der Waals surface area contributed by atoms with E-state index >= 15 is 0 Å². The summed E-state index contributed by atoms with van der Waals surface area (Å²) in [5.74, 6) is -0.230. The zero-order chi connectivity index (χ0) is 17.8. The molecule has 0 bridgehead atoms. The van der Waals surface area contributed by atoms with Crippen LogP contribution in [0.1, 0.15) is 29.3 Å². The Morgan fingerprint density at radius 1 is 1.32 bits per heavy atom. The zero-order valence-corrected chi connectivity index (χ0v) is 16.1. The lowest BCUT2D eigenvalue weighted by Gasteiger charge is -2.13. The van der Waals surface area contributed by atoms with E-state index in [1.165, 1.54) is 16.9 Å². The topological polar surface area (TPSA) is 81.2 Å². The minimum absolute atomic E-state index is 0.00456. The fourth-order valence-corrected chi connectivity index (χ4v) is 3.90. The minimum Gasteiger partial charge on any atom is -0.367 e. The molecule has 3 N–H and O–H groups in total. The molecule has 0 aliphatic rings. The third kappa shape index (κ3) is 4.29. The number of hydrogen-bond acceptors (Lipinski definition) is 5. The first-order valence-electron chi connectivity index (χ1n) is 7.90. The number of amides is 1. The number of carbonyl (C=O) groups is 1. The smallest absolute Gasteiger partial charge is 0.259 e. The molecule has 2 aromatic heterocycles. The number of rotatable bonds is 6. The predicted molar refractivity (Wildman–Crippen MR) is 104 cm³/mol. The SMILES string of the molecule is CC(CCc1ccccc1)NC(=O)c1c(-c2ccc(Br)s2)noc1N. The Morgan fingerprint density at radius 3 is 2.76 bits per heavy atom. The maximum Gasteiger partial charge on any atom is 0.259 e. The summed E-state index contributed by atoms with van der Waals surface area (Å²) in [6, 6.07) is 14.0. The molecule has 25 heavy (non-hydrogen) atoms. The number of hydrogen-bond donors (Lipinski definition) is 2. The van der Waals surface area contributed by atoms with Crippen molar-refractivity contribution in [3.05, 3.63) is 57.4 Å². The molecular weight excluding hydrogens is 402 g/mol. The van der Waals surface area contributed by atoms with Gasteiger partial charge in [-0.05, 0) is 53.4 Å². The summed E-state index contributed by atoms with van der Waals surface area (Å²) in [5.41, 5.74) is 7.84. The van der Waals surface area contributed by atoms with Gasteiger partial charge in [0.25, 0.3) is 5.91 Å². The number of nitrogens with zero attached hydrogens (tertiary/aromatic N) is 1. The molecule has 0 saturated heterocycles. The summed E-state index contributed by atoms with van der Waals surface area (Å²) in [6.07, 6.45) is 1.73. The molecule has 7 heteroatoms. The number of nitrogen functional groups attached to an aromatic ring is 1. The molecule has 3 aromatic rings. The number of aryl methyl sites for hydroxylation is 1. The Balaban J connectivity index is 1.68. The first-order chi connectivity index (χ1) is 12.0. The number of halogens is 1. The van der Waals surface area contributed by atoms with Gasteiger partial charge in [-0.2, -0.15) is 0 Å².